The number of aliphatic hydroxyl groups is 1. The van der Waals surface area contributed by atoms with Crippen LogP contribution in [0.3, 0.4) is 0 Å². The number of ether oxygens (including phenoxy) is 1. The lowest BCUT2D eigenvalue weighted by Gasteiger charge is -2.32. The van der Waals surface area contributed by atoms with E-state index in [1.165, 1.54) is 0 Å². The number of aliphatic imine (C=N–C) groups is 1. The predicted octanol–water partition coefficient (Wildman–Crippen LogP) is 0.263. The molecule has 1 saturated heterocycles. The zero-order chi connectivity index (χ0) is 13.9. The van der Waals surface area contributed by atoms with Crippen LogP contribution in [0.25, 0.3) is 0 Å². The summed E-state index contributed by atoms with van der Waals surface area (Å²) >= 11 is 0. The van der Waals surface area contributed by atoms with E-state index in [1.807, 2.05) is 6.92 Å². The molecule has 0 aromatic rings. The van der Waals surface area contributed by atoms with E-state index in [2.05, 4.69) is 20.5 Å². The van der Waals surface area contributed by atoms with Gasteiger partial charge in [-0.15, -0.1) is 24.0 Å². The highest BCUT2D eigenvalue weighted by atomic mass is 127. The molecule has 0 aliphatic carbocycles. The van der Waals surface area contributed by atoms with Crippen molar-refractivity contribution in [3.63, 3.8) is 0 Å². The van der Waals surface area contributed by atoms with Crippen molar-refractivity contribution < 1.29 is 9.84 Å². The summed E-state index contributed by atoms with van der Waals surface area (Å²) in [6, 6.07) is 0.468. The molecule has 0 radical (unpaired) electrons. The lowest BCUT2D eigenvalue weighted by molar-refractivity contribution is 0.128. The summed E-state index contributed by atoms with van der Waals surface area (Å²) < 4.78 is 5.10. The summed E-state index contributed by atoms with van der Waals surface area (Å²) in [5.41, 5.74) is 0. The van der Waals surface area contributed by atoms with Crippen molar-refractivity contribution in [3.8, 4) is 0 Å². The van der Waals surface area contributed by atoms with Crippen molar-refractivity contribution in [3.05, 3.63) is 0 Å². The van der Waals surface area contributed by atoms with Gasteiger partial charge in [-0.25, -0.2) is 0 Å². The Balaban J connectivity index is 0.00000361. The Bertz CT molecular complexity index is 259. The van der Waals surface area contributed by atoms with Crippen molar-refractivity contribution in [1.82, 2.24) is 15.5 Å². The van der Waals surface area contributed by atoms with Gasteiger partial charge < -0.3 is 25.4 Å². The molecule has 0 bridgehead atoms. The lowest BCUT2D eigenvalue weighted by atomic mass is 10.1. The Morgan fingerprint density at radius 1 is 1.40 bits per heavy atom. The van der Waals surface area contributed by atoms with Gasteiger partial charge in [0.1, 0.15) is 0 Å². The number of aliphatic hydroxyl groups excluding tert-OH is 1. The first-order valence-corrected chi connectivity index (χ1v) is 7.17. The van der Waals surface area contributed by atoms with Crippen LogP contribution in [0, 0.1) is 0 Å². The molecule has 0 saturated carbocycles. The van der Waals surface area contributed by atoms with Gasteiger partial charge in [-0.3, -0.25) is 4.99 Å². The van der Waals surface area contributed by atoms with Gasteiger partial charge in [-0.2, -0.15) is 0 Å². The Hall–Kier alpha value is -0.120. The van der Waals surface area contributed by atoms with Crippen LogP contribution in [0.15, 0.2) is 4.99 Å². The van der Waals surface area contributed by atoms with Crippen molar-refractivity contribution in [2.45, 2.75) is 25.8 Å². The number of rotatable bonds is 7. The summed E-state index contributed by atoms with van der Waals surface area (Å²) in [5.74, 6) is 0.812. The van der Waals surface area contributed by atoms with Gasteiger partial charge in [-0.05, 0) is 19.8 Å². The second kappa shape index (κ2) is 12.6. The molecule has 6 nitrogen and oxygen atoms in total. The van der Waals surface area contributed by atoms with Gasteiger partial charge in [-0.1, -0.05) is 0 Å². The highest BCUT2D eigenvalue weighted by Gasteiger charge is 2.19. The van der Waals surface area contributed by atoms with Crippen molar-refractivity contribution in [2.24, 2.45) is 4.99 Å². The van der Waals surface area contributed by atoms with Gasteiger partial charge in [0.25, 0.3) is 0 Å². The van der Waals surface area contributed by atoms with E-state index < -0.39 is 0 Å². The third kappa shape index (κ3) is 8.23. The number of hydrogen-bond acceptors (Lipinski definition) is 4. The highest BCUT2D eigenvalue weighted by molar-refractivity contribution is 14.0. The third-order valence-corrected chi connectivity index (χ3v) is 3.25. The molecule has 20 heavy (non-hydrogen) atoms. The van der Waals surface area contributed by atoms with E-state index in [-0.39, 0.29) is 30.6 Å². The van der Waals surface area contributed by atoms with Crippen molar-refractivity contribution in [2.75, 3.05) is 53.0 Å². The van der Waals surface area contributed by atoms with Crippen LogP contribution in [-0.2, 0) is 4.74 Å². The number of methoxy groups -OCH3 is 1. The standard InChI is InChI=1S/C13H28N4O2.HI/c1-3-14-13(15-6-10-18)16-12-4-7-17(8-5-12)9-11-19-2;/h12,18H,3-11H2,1-2H3,(H2,14,15,16);1H. The van der Waals surface area contributed by atoms with Crippen LogP contribution in [0.4, 0.5) is 0 Å². The number of guanidine groups is 1. The molecule has 0 atom stereocenters. The van der Waals surface area contributed by atoms with Crippen LogP contribution in [0.5, 0.6) is 0 Å². The van der Waals surface area contributed by atoms with Gasteiger partial charge in [0.05, 0.1) is 19.8 Å². The Morgan fingerprint density at radius 3 is 2.65 bits per heavy atom. The predicted molar refractivity (Wildman–Crippen MR) is 93.0 cm³/mol. The second-order valence-corrected chi connectivity index (χ2v) is 4.74. The van der Waals surface area contributed by atoms with Crippen molar-refractivity contribution in [1.29, 1.82) is 0 Å². The fourth-order valence-electron chi connectivity index (χ4n) is 2.20. The van der Waals surface area contributed by atoms with Crippen LogP contribution >= 0.6 is 24.0 Å². The summed E-state index contributed by atoms with van der Waals surface area (Å²) in [5, 5.41) is 15.5. The minimum atomic E-state index is 0. The molecule has 0 aromatic carbocycles. The average molecular weight is 400 g/mol. The fourth-order valence-corrected chi connectivity index (χ4v) is 2.20. The normalized spacial score (nSPS) is 17.6. The minimum Gasteiger partial charge on any atom is -0.394 e. The summed E-state index contributed by atoms with van der Waals surface area (Å²) in [4.78, 5) is 6.74. The molecule has 1 heterocycles. The fraction of sp³-hybridized carbons (Fsp3) is 0.923. The first-order valence-electron chi connectivity index (χ1n) is 7.17. The van der Waals surface area contributed by atoms with E-state index in [4.69, 9.17) is 9.84 Å². The summed E-state index contributed by atoms with van der Waals surface area (Å²) in [6.45, 7) is 7.43. The second-order valence-electron chi connectivity index (χ2n) is 4.74. The van der Waals surface area contributed by atoms with Crippen LogP contribution < -0.4 is 10.6 Å². The molecule has 7 heteroatoms. The first kappa shape index (κ1) is 19.9. The molecular weight excluding hydrogens is 371 g/mol. The molecule has 0 aromatic heterocycles. The molecule has 0 unspecified atom stereocenters. The van der Waals surface area contributed by atoms with E-state index in [0.717, 1.165) is 51.6 Å². The quantitative estimate of drug-likeness (QED) is 0.325. The number of nitrogens with zero attached hydrogens (tertiary/aromatic N) is 2. The topological polar surface area (TPSA) is 69.1 Å². The molecule has 3 N–H and O–H groups in total. The van der Waals surface area contributed by atoms with Crippen LogP contribution in [0.1, 0.15) is 19.8 Å². The Labute approximate surface area is 139 Å². The maximum absolute atomic E-state index is 8.83. The van der Waals surface area contributed by atoms with E-state index in [1.54, 1.807) is 7.11 Å². The lowest BCUT2D eigenvalue weighted by Crippen LogP contribution is -2.49. The van der Waals surface area contributed by atoms with Crippen LogP contribution in [-0.4, -0.2) is 75.1 Å². The molecule has 0 amide bonds. The SMILES string of the molecule is CCNC(=NCCO)NC1CCN(CCOC)CC1.I. The Kier molecular flexibility index (Phi) is 12.5. The monoisotopic (exact) mass is 400 g/mol. The van der Waals surface area contributed by atoms with Crippen molar-refractivity contribution >= 4 is 29.9 Å². The van der Waals surface area contributed by atoms with Gasteiger partial charge in [0, 0.05) is 39.3 Å². The summed E-state index contributed by atoms with van der Waals surface area (Å²) in [6.07, 6.45) is 2.24. The van der Waals surface area contributed by atoms with E-state index >= 15 is 0 Å². The maximum atomic E-state index is 8.83. The van der Waals surface area contributed by atoms with E-state index in [0.29, 0.717) is 12.6 Å². The van der Waals surface area contributed by atoms with Gasteiger partial charge in [0.2, 0.25) is 0 Å². The number of nitrogens with one attached hydrogen (secondary N) is 2. The average Bonchev–Trinajstić information content (AvgIpc) is 2.44. The largest absolute Gasteiger partial charge is 0.394 e. The zero-order valence-corrected chi connectivity index (χ0v) is 14.9. The molecular formula is C13H29IN4O2. The minimum absolute atomic E-state index is 0. The number of halogens is 1. The molecule has 1 fully saturated rings. The van der Waals surface area contributed by atoms with Crippen LogP contribution in [0.2, 0.25) is 0 Å². The molecule has 1 rings (SSSR count). The van der Waals surface area contributed by atoms with E-state index in [9.17, 15) is 0 Å². The Morgan fingerprint density at radius 2 is 2.10 bits per heavy atom. The molecule has 120 valence electrons. The number of piperidine rings is 1. The number of likely N-dealkylation sites (tertiary alicyclic amines) is 1. The highest BCUT2D eigenvalue weighted by Crippen LogP contribution is 2.09. The third-order valence-electron chi connectivity index (χ3n) is 3.25. The smallest absolute Gasteiger partial charge is 0.191 e. The number of hydrogen-bond donors (Lipinski definition) is 3. The van der Waals surface area contributed by atoms with Gasteiger partial charge >= 0.3 is 0 Å². The zero-order valence-electron chi connectivity index (χ0n) is 12.6. The summed E-state index contributed by atoms with van der Waals surface area (Å²) in [7, 11) is 1.74. The van der Waals surface area contributed by atoms with Gasteiger partial charge in [0.15, 0.2) is 5.96 Å². The molecule has 1 aliphatic rings. The first-order chi connectivity index (χ1) is 9.30. The molecule has 1 aliphatic heterocycles. The molecule has 0 spiro atoms. The maximum Gasteiger partial charge on any atom is 0.191 e.